The summed E-state index contributed by atoms with van der Waals surface area (Å²) in [6.45, 7) is 4.34. The van der Waals surface area contributed by atoms with Gasteiger partial charge >= 0.3 is 12.0 Å². The van der Waals surface area contributed by atoms with Gasteiger partial charge in [0.2, 0.25) is 0 Å². The van der Waals surface area contributed by atoms with Crippen molar-refractivity contribution in [3.05, 3.63) is 0 Å². The number of rotatable bonds is 5. The highest BCUT2D eigenvalue weighted by Crippen LogP contribution is 2.17. The van der Waals surface area contributed by atoms with Gasteiger partial charge in [-0.1, -0.05) is 13.8 Å². The van der Waals surface area contributed by atoms with Gasteiger partial charge in [0.25, 0.3) is 0 Å². The van der Waals surface area contributed by atoms with Crippen LogP contribution in [-0.4, -0.2) is 52.9 Å². The van der Waals surface area contributed by atoms with Crippen LogP contribution in [0.15, 0.2) is 0 Å². The normalized spacial score (nSPS) is 21.1. The van der Waals surface area contributed by atoms with Crippen LogP contribution in [-0.2, 0) is 4.79 Å². The van der Waals surface area contributed by atoms with E-state index in [4.69, 9.17) is 10.2 Å². The van der Waals surface area contributed by atoms with E-state index in [1.54, 1.807) is 4.90 Å². The quantitative estimate of drug-likeness (QED) is 0.670. The van der Waals surface area contributed by atoms with Gasteiger partial charge < -0.3 is 20.4 Å². The number of amides is 2. The molecule has 1 rings (SSSR count). The Bertz CT molecular complexity index is 306. The molecule has 1 aliphatic heterocycles. The first-order valence-electron chi connectivity index (χ1n) is 6.35. The molecular weight excluding hydrogens is 236 g/mol. The highest BCUT2D eigenvalue weighted by molar-refractivity contribution is 5.76. The molecule has 0 saturated carbocycles. The maximum absolute atomic E-state index is 11.9. The SMILES string of the molecule is CC(C)C(CNC(=O)N1CCCC1CO)C(=O)O. The Labute approximate surface area is 107 Å². The Morgan fingerprint density at radius 1 is 1.44 bits per heavy atom. The molecule has 2 atom stereocenters. The molecular formula is C12H22N2O4. The second kappa shape index (κ2) is 6.58. The van der Waals surface area contributed by atoms with Crippen molar-refractivity contribution in [3.63, 3.8) is 0 Å². The number of hydrogen-bond donors (Lipinski definition) is 3. The number of carbonyl (C=O) groups excluding carboxylic acids is 1. The number of nitrogens with zero attached hydrogens (tertiary/aromatic N) is 1. The van der Waals surface area contributed by atoms with Gasteiger partial charge in [0, 0.05) is 13.1 Å². The molecule has 104 valence electrons. The van der Waals surface area contributed by atoms with Crippen LogP contribution in [0.4, 0.5) is 4.79 Å². The average molecular weight is 258 g/mol. The molecule has 0 aliphatic carbocycles. The number of urea groups is 1. The standard InChI is InChI=1S/C12H22N2O4/c1-8(2)10(11(16)17)6-13-12(18)14-5-3-4-9(14)7-15/h8-10,15H,3-7H2,1-2H3,(H,13,18)(H,16,17). The predicted molar refractivity (Wildman–Crippen MR) is 66.2 cm³/mol. The third-order valence-corrected chi connectivity index (χ3v) is 3.44. The van der Waals surface area contributed by atoms with E-state index >= 15 is 0 Å². The zero-order chi connectivity index (χ0) is 13.7. The Kier molecular flexibility index (Phi) is 5.40. The van der Waals surface area contributed by atoms with E-state index in [2.05, 4.69) is 5.32 Å². The van der Waals surface area contributed by atoms with E-state index in [0.717, 1.165) is 12.8 Å². The van der Waals surface area contributed by atoms with Crippen molar-refractivity contribution in [3.8, 4) is 0 Å². The molecule has 0 bridgehead atoms. The third-order valence-electron chi connectivity index (χ3n) is 3.44. The number of carbonyl (C=O) groups is 2. The van der Waals surface area contributed by atoms with E-state index in [1.807, 2.05) is 13.8 Å². The molecule has 18 heavy (non-hydrogen) atoms. The molecule has 2 amide bonds. The summed E-state index contributed by atoms with van der Waals surface area (Å²) in [6.07, 6.45) is 1.68. The van der Waals surface area contributed by atoms with Crippen LogP contribution in [0.25, 0.3) is 0 Å². The topological polar surface area (TPSA) is 89.9 Å². The maximum atomic E-state index is 11.9. The monoisotopic (exact) mass is 258 g/mol. The number of hydrogen-bond acceptors (Lipinski definition) is 3. The molecule has 1 saturated heterocycles. The molecule has 1 fully saturated rings. The van der Waals surface area contributed by atoms with Crippen LogP contribution in [0, 0.1) is 11.8 Å². The Hall–Kier alpha value is -1.30. The highest BCUT2D eigenvalue weighted by Gasteiger charge is 2.29. The zero-order valence-corrected chi connectivity index (χ0v) is 10.9. The van der Waals surface area contributed by atoms with Crippen LogP contribution in [0.5, 0.6) is 0 Å². The van der Waals surface area contributed by atoms with Crippen molar-refractivity contribution in [1.82, 2.24) is 10.2 Å². The Morgan fingerprint density at radius 2 is 2.11 bits per heavy atom. The van der Waals surface area contributed by atoms with Crippen molar-refractivity contribution >= 4 is 12.0 Å². The number of aliphatic carboxylic acids is 1. The Morgan fingerprint density at radius 3 is 2.61 bits per heavy atom. The smallest absolute Gasteiger partial charge is 0.317 e. The first-order valence-corrected chi connectivity index (χ1v) is 6.35. The van der Waals surface area contributed by atoms with Crippen LogP contribution < -0.4 is 5.32 Å². The summed E-state index contributed by atoms with van der Waals surface area (Å²) in [5.41, 5.74) is 0. The maximum Gasteiger partial charge on any atom is 0.317 e. The van der Waals surface area contributed by atoms with E-state index in [1.165, 1.54) is 0 Å². The van der Waals surface area contributed by atoms with E-state index in [9.17, 15) is 9.59 Å². The molecule has 0 aromatic heterocycles. The first-order chi connectivity index (χ1) is 8.47. The van der Waals surface area contributed by atoms with Gasteiger partial charge in [0.1, 0.15) is 0 Å². The predicted octanol–water partition coefficient (Wildman–Crippen LogP) is 0.509. The summed E-state index contributed by atoms with van der Waals surface area (Å²) in [6, 6.07) is -0.411. The van der Waals surface area contributed by atoms with Gasteiger partial charge in [-0.05, 0) is 18.8 Å². The minimum Gasteiger partial charge on any atom is -0.481 e. The van der Waals surface area contributed by atoms with Crippen LogP contribution in [0.3, 0.4) is 0 Å². The van der Waals surface area contributed by atoms with Crippen molar-refractivity contribution in [2.45, 2.75) is 32.7 Å². The molecule has 6 heteroatoms. The van der Waals surface area contributed by atoms with Crippen LogP contribution >= 0.6 is 0 Å². The minimum atomic E-state index is -0.898. The summed E-state index contributed by atoms with van der Waals surface area (Å²) in [5.74, 6) is -1.51. The molecule has 1 aliphatic rings. The van der Waals surface area contributed by atoms with Gasteiger partial charge in [-0.2, -0.15) is 0 Å². The largest absolute Gasteiger partial charge is 0.481 e. The molecule has 3 N–H and O–H groups in total. The average Bonchev–Trinajstić information content (AvgIpc) is 2.75. The molecule has 0 spiro atoms. The summed E-state index contributed by atoms with van der Waals surface area (Å²) < 4.78 is 0. The lowest BCUT2D eigenvalue weighted by Crippen LogP contribution is -2.46. The van der Waals surface area contributed by atoms with E-state index < -0.39 is 11.9 Å². The second-order valence-corrected chi connectivity index (χ2v) is 5.05. The van der Waals surface area contributed by atoms with Crippen molar-refractivity contribution in [1.29, 1.82) is 0 Å². The molecule has 0 radical (unpaired) electrons. The van der Waals surface area contributed by atoms with Gasteiger partial charge in [-0.3, -0.25) is 4.79 Å². The number of aliphatic hydroxyl groups excluding tert-OH is 1. The first kappa shape index (κ1) is 14.8. The summed E-state index contributed by atoms with van der Waals surface area (Å²) >= 11 is 0. The lowest BCUT2D eigenvalue weighted by atomic mass is 9.96. The lowest BCUT2D eigenvalue weighted by Gasteiger charge is -2.25. The molecule has 6 nitrogen and oxygen atoms in total. The second-order valence-electron chi connectivity index (χ2n) is 5.05. The lowest BCUT2D eigenvalue weighted by molar-refractivity contribution is -0.142. The van der Waals surface area contributed by atoms with Gasteiger partial charge in [0.15, 0.2) is 0 Å². The number of aliphatic hydroxyl groups is 1. The summed E-state index contributed by atoms with van der Waals surface area (Å²) in [4.78, 5) is 24.4. The van der Waals surface area contributed by atoms with Crippen LogP contribution in [0.2, 0.25) is 0 Å². The van der Waals surface area contributed by atoms with E-state index in [-0.39, 0.29) is 31.1 Å². The van der Waals surface area contributed by atoms with E-state index in [0.29, 0.717) is 6.54 Å². The summed E-state index contributed by atoms with van der Waals surface area (Å²) in [5, 5.41) is 20.8. The van der Waals surface area contributed by atoms with Crippen LogP contribution in [0.1, 0.15) is 26.7 Å². The number of carboxylic acid groups (broad SMARTS) is 1. The fourth-order valence-corrected chi connectivity index (χ4v) is 2.20. The van der Waals surface area contributed by atoms with Gasteiger partial charge in [-0.25, -0.2) is 4.79 Å². The van der Waals surface area contributed by atoms with Crippen molar-refractivity contribution in [2.75, 3.05) is 19.7 Å². The molecule has 2 unspecified atom stereocenters. The molecule has 0 aromatic rings. The summed E-state index contributed by atoms with van der Waals surface area (Å²) in [7, 11) is 0. The van der Waals surface area contributed by atoms with Crippen molar-refractivity contribution < 1.29 is 19.8 Å². The number of nitrogens with one attached hydrogen (secondary N) is 1. The number of carboxylic acids is 1. The molecule has 1 heterocycles. The fraction of sp³-hybridized carbons (Fsp3) is 0.833. The number of likely N-dealkylation sites (tertiary alicyclic amines) is 1. The highest BCUT2D eigenvalue weighted by atomic mass is 16.4. The zero-order valence-electron chi connectivity index (χ0n) is 10.9. The van der Waals surface area contributed by atoms with Gasteiger partial charge in [0.05, 0.1) is 18.6 Å². The minimum absolute atomic E-state index is 0.0324. The van der Waals surface area contributed by atoms with Gasteiger partial charge in [-0.15, -0.1) is 0 Å². The molecule has 0 aromatic carbocycles. The third kappa shape index (κ3) is 3.60. The van der Waals surface area contributed by atoms with Crippen molar-refractivity contribution in [2.24, 2.45) is 11.8 Å². The fourth-order valence-electron chi connectivity index (χ4n) is 2.20. The Balaban J connectivity index is 2.47.